The summed E-state index contributed by atoms with van der Waals surface area (Å²) < 4.78 is 47.3. The maximum absolute atomic E-state index is 13.0. The molecular formula is C15H16F3N7O. The second-order valence-corrected chi connectivity index (χ2v) is 6.14. The van der Waals surface area contributed by atoms with Gasteiger partial charge in [0.05, 0.1) is 12.2 Å². The number of halogens is 3. The van der Waals surface area contributed by atoms with Gasteiger partial charge in [0, 0.05) is 25.4 Å². The maximum Gasteiger partial charge on any atom is 0.453 e. The van der Waals surface area contributed by atoms with Crippen molar-refractivity contribution in [2.75, 3.05) is 11.9 Å². The number of hydrogen-bond acceptors (Lipinski definition) is 6. The summed E-state index contributed by atoms with van der Waals surface area (Å²) >= 11 is 0. The van der Waals surface area contributed by atoms with Crippen molar-refractivity contribution in [1.29, 1.82) is 0 Å². The molecule has 1 N–H and O–H groups in total. The molecule has 0 spiro atoms. The van der Waals surface area contributed by atoms with E-state index in [1.54, 1.807) is 16.9 Å². The molecule has 1 saturated heterocycles. The topological polar surface area (TPSA) is 82.2 Å². The number of anilines is 1. The monoisotopic (exact) mass is 367 g/mol. The number of nitrogens with zero attached hydrogens (tertiary/aromatic N) is 6. The third kappa shape index (κ3) is 3.09. The normalized spacial score (nSPS) is 21.2. The smallest absolute Gasteiger partial charge is 0.371 e. The molecule has 3 aromatic rings. The quantitative estimate of drug-likeness (QED) is 0.764. The lowest BCUT2D eigenvalue weighted by molar-refractivity contribution is -0.146. The van der Waals surface area contributed by atoms with Gasteiger partial charge < -0.3 is 10.1 Å². The zero-order chi connectivity index (χ0) is 18.3. The van der Waals surface area contributed by atoms with Crippen LogP contribution >= 0.6 is 0 Å². The molecule has 0 amide bonds. The van der Waals surface area contributed by atoms with Crippen LogP contribution in [-0.4, -0.2) is 42.2 Å². The Balaban J connectivity index is 1.62. The van der Waals surface area contributed by atoms with E-state index in [0.717, 1.165) is 18.4 Å². The third-order valence-electron chi connectivity index (χ3n) is 4.23. The first-order valence-corrected chi connectivity index (χ1v) is 8.08. The Bertz CT molecular complexity index is 919. The van der Waals surface area contributed by atoms with Crippen LogP contribution in [0.1, 0.15) is 30.3 Å². The van der Waals surface area contributed by atoms with E-state index in [1.807, 2.05) is 13.2 Å². The molecule has 0 saturated carbocycles. The Morgan fingerprint density at radius 2 is 2.12 bits per heavy atom. The summed E-state index contributed by atoms with van der Waals surface area (Å²) in [4.78, 5) is 0. The van der Waals surface area contributed by atoms with Crippen LogP contribution in [0.3, 0.4) is 0 Å². The summed E-state index contributed by atoms with van der Waals surface area (Å²) in [5.74, 6) is -0.855. The van der Waals surface area contributed by atoms with Gasteiger partial charge in [0.1, 0.15) is 11.9 Å². The summed E-state index contributed by atoms with van der Waals surface area (Å²) in [6, 6.07) is 2.89. The highest BCUT2D eigenvalue weighted by Gasteiger charge is 2.38. The van der Waals surface area contributed by atoms with Gasteiger partial charge in [0.25, 0.3) is 5.82 Å². The van der Waals surface area contributed by atoms with Crippen molar-refractivity contribution in [2.24, 2.45) is 7.05 Å². The predicted octanol–water partition coefficient (Wildman–Crippen LogP) is 2.21. The van der Waals surface area contributed by atoms with E-state index in [9.17, 15) is 13.2 Å². The molecular weight excluding hydrogens is 351 g/mol. The van der Waals surface area contributed by atoms with E-state index in [1.165, 1.54) is 6.07 Å². The van der Waals surface area contributed by atoms with E-state index < -0.39 is 12.0 Å². The zero-order valence-electron chi connectivity index (χ0n) is 13.8. The van der Waals surface area contributed by atoms with Gasteiger partial charge in [-0.05, 0) is 25.0 Å². The lowest BCUT2D eigenvalue weighted by Gasteiger charge is -2.32. The highest BCUT2D eigenvalue weighted by Crippen LogP contribution is 2.31. The summed E-state index contributed by atoms with van der Waals surface area (Å²) in [7, 11) is 1.81. The SMILES string of the molecule is Cn1cc([C@H]2OCCC[C@@H]2Nc2ccc3nnc(C(F)(F)F)n3n2)cn1. The first kappa shape index (κ1) is 16.8. The van der Waals surface area contributed by atoms with Crippen LogP contribution in [0.15, 0.2) is 24.5 Å². The van der Waals surface area contributed by atoms with E-state index >= 15 is 0 Å². The Labute approximate surface area is 146 Å². The third-order valence-corrected chi connectivity index (χ3v) is 4.23. The van der Waals surface area contributed by atoms with Crippen molar-refractivity contribution >= 4 is 11.5 Å². The first-order chi connectivity index (χ1) is 12.4. The van der Waals surface area contributed by atoms with Gasteiger partial charge in [0.15, 0.2) is 5.65 Å². The van der Waals surface area contributed by atoms with Crippen molar-refractivity contribution < 1.29 is 17.9 Å². The molecule has 11 heteroatoms. The van der Waals surface area contributed by atoms with Crippen molar-refractivity contribution in [2.45, 2.75) is 31.2 Å². The van der Waals surface area contributed by atoms with Crippen LogP contribution in [0.5, 0.6) is 0 Å². The fourth-order valence-electron chi connectivity index (χ4n) is 3.08. The molecule has 4 rings (SSSR count). The van der Waals surface area contributed by atoms with Crippen LogP contribution in [0, 0.1) is 0 Å². The second-order valence-electron chi connectivity index (χ2n) is 6.14. The second kappa shape index (κ2) is 6.24. The molecule has 0 aromatic carbocycles. The number of rotatable bonds is 3. The van der Waals surface area contributed by atoms with Crippen molar-refractivity contribution in [3.63, 3.8) is 0 Å². The molecule has 0 aliphatic carbocycles. The standard InChI is InChI=1S/C15H16F3N7O/c1-24-8-9(7-19-24)13-10(3-2-6-26-13)20-11-4-5-12-21-22-14(15(16,17)18)25(12)23-11/h4-5,7-8,10,13H,2-3,6H2,1H3,(H,20,23)/t10-,13+/m0/s1. The minimum absolute atomic E-state index is 0.0339. The molecule has 1 aliphatic heterocycles. The number of ether oxygens (including phenoxy) is 1. The number of fused-ring (bicyclic) bond motifs is 1. The largest absolute Gasteiger partial charge is 0.453 e. The molecule has 138 valence electrons. The molecule has 3 aromatic heterocycles. The van der Waals surface area contributed by atoms with E-state index in [0.29, 0.717) is 16.9 Å². The van der Waals surface area contributed by atoms with Crippen molar-refractivity contribution in [3.8, 4) is 0 Å². The van der Waals surface area contributed by atoms with Crippen LogP contribution in [-0.2, 0) is 18.0 Å². The fourth-order valence-corrected chi connectivity index (χ4v) is 3.08. The molecule has 4 heterocycles. The molecule has 0 unspecified atom stereocenters. The van der Waals surface area contributed by atoms with Gasteiger partial charge in [-0.15, -0.1) is 15.3 Å². The molecule has 0 bridgehead atoms. The van der Waals surface area contributed by atoms with Gasteiger partial charge in [-0.1, -0.05) is 0 Å². The highest BCUT2D eigenvalue weighted by atomic mass is 19.4. The average molecular weight is 367 g/mol. The number of alkyl halides is 3. The predicted molar refractivity (Wildman–Crippen MR) is 84.3 cm³/mol. The Morgan fingerprint density at radius 3 is 2.85 bits per heavy atom. The highest BCUT2D eigenvalue weighted by molar-refractivity contribution is 5.45. The Kier molecular flexibility index (Phi) is 4.02. The van der Waals surface area contributed by atoms with Gasteiger partial charge in [-0.2, -0.15) is 22.8 Å². The van der Waals surface area contributed by atoms with Gasteiger partial charge in [-0.3, -0.25) is 4.68 Å². The summed E-state index contributed by atoms with van der Waals surface area (Å²) in [5.41, 5.74) is 0.942. The summed E-state index contributed by atoms with van der Waals surface area (Å²) in [5, 5.41) is 18.0. The molecule has 1 fully saturated rings. The molecule has 8 nitrogen and oxygen atoms in total. The Hall–Kier alpha value is -2.69. The first-order valence-electron chi connectivity index (χ1n) is 8.08. The average Bonchev–Trinajstić information content (AvgIpc) is 3.21. The number of aryl methyl sites for hydroxylation is 1. The maximum atomic E-state index is 13.0. The van der Waals surface area contributed by atoms with E-state index in [4.69, 9.17) is 4.74 Å². The number of hydrogen-bond donors (Lipinski definition) is 1. The van der Waals surface area contributed by atoms with Crippen LogP contribution in [0.2, 0.25) is 0 Å². The van der Waals surface area contributed by atoms with E-state index in [2.05, 4.69) is 25.7 Å². The summed E-state index contributed by atoms with van der Waals surface area (Å²) in [6.45, 7) is 0.619. The van der Waals surface area contributed by atoms with Gasteiger partial charge in [0.2, 0.25) is 0 Å². The lowest BCUT2D eigenvalue weighted by Crippen LogP contribution is -2.34. The Morgan fingerprint density at radius 1 is 1.27 bits per heavy atom. The van der Waals surface area contributed by atoms with Crippen LogP contribution in [0.4, 0.5) is 19.0 Å². The van der Waals surface area contributed by atoms with Gasteiger partial charge >= 0.3 is 6.18 Å². The number of aromatic nitrogens is 6. The van der Waals surface area contributed by atoms with Crippen molar-refractivity contribution in [1.82, 2.24) is 29.6 Å². The van der Waals surface area contributed by atoms with Crippen LogP contribution in [0.25, 0.3) is 5.65 Å². The fraction of sp³-hybridized carbons (Fsp3) is 0.467. The van der Waals surface area contributed by atoms with Crippen molar-refractivity contribution in [3.05, 3.63) is 35.9 Å². The lowest BCUT2D eigenvalue weighted by atomic mass is 9.98. The molecule has 2 atom stereocenters. The van der Waals surface area contributed by atoms with Gasteiger partial charge in [-0.25, -0.2) is 0 Å². The molecule has 26 heavy (non-hydrogen) atoms. The minimum Gasteiger partial charge on any atom is -0.371 e. The zero-order valence-corrected chi connectivity index (χ0v) is 13.8. The van der Waals surface area contributed by atoms with E-state index in [-0.39, 0.29) is 17.8 Å². The number of nitrogens with one attached hydrogen (secondary N) is 1. The summed E-state index contributed by atoms with van der Waals surface area (Å²) in [6.07, 6.45) is 0.353. The molecule has 1 aliphatic rings. The molecule has 0 radical (unpaired) electrons. The minimum atomic E-state index is -4.63. The van der Waals surface area contributed by atoms with Crippen LogP contribution < -0.4 is 5.32 Å².